The predicted molar refractivity (Wildman–Crippen MR) is 66.9 cm³/mol. The van der Waals surface area contributed by atoms with E-state index < -0.39 is 0 Å². The number of nitrogens with zero attached hydrogens (tertiary/aromatic N) is 3. The molecule has 0 bridgehead atoms. The maximum atomic E-state index is 11.9. The number of hydrogen-bond acceptors (Lipinski definition) is 4. The summed E-state index contributed by atoms with van der Waals surface area (Å²) >= 11 is 4.78. The molecule has 0 aromatic carbocycles. The highest BCUT2D eigenvalue weighted by Gasteiger charge is 2.07. The molecule has 0 aliphatic carbocycles. The summed E-state index contributed by atoms with van der Waals surface area (Å²) in [7, 11) is 0. The van der Waals surface area contributed by atoms with Crippen LogP contribution in [0.5, 0.6) is 0 Å². The van der Waals surface area contributed by atoms with Crippen LogP contribution < -0.4 is 5.56 Å². The van der Waals surface area contributed by atoms with Gasteiger partial charge in [-0.1, -0.05) is 0 Å². The third-order valence-electron chi connectivity index (χ3n) is 2.19. The lowest BCUT2D eigenvalue weighted by molar-refractivity contribution is 0.702. The van der Waals surface area contributed by atoms with Crippen LogP contribution in [0.25, 0.3) is 0 Å². The van der Waals surface area contributed by atoms with Gasteiger partial charge in [0.05, 0.1) is 11.6 Å². The smallest absolute Gasteiger partial charge is 0.268 e. The van der Waals surface area contributed by atoms with Crippen molar-refractivity contribution in [1.82, 2.24) is 14.5 Å². The predicted octanol–water partition coefficient (Wildman–Crippen LogP) is 2.13. The average molecular weight is 300 g/mol. The Balaban J connectivity index is 2.42. The zero-order valence-corrected chi connectivity index (χ0v) is 11.3. The molecule has 6 heteroatoms. The van der Waals surface area contributed by atoms with Gasteiger partial charge < -0.3 is 0 Å². The molecule has 0 N–H and O–H groups in total. The van der Waals surface area contributed by atoms with Crippen molar-refractivity contribution in [2.75, 3.05) is 0 Å². The van der Waals surface area contributed by atoms with Crippen LogP contribution in [-0.4, -0.2) is 14.5 Å². The lowest BCUT2D eigenvalue weighted by Crippen LogP contribution is -2.24. The van der Waals surface area contributed by atoms with Gasteiger partial charge in [0.2, 0.25) is 0 Å². The molecule has 2 aromatic rings. The van der Waals surface area contributed by atoms with Crippen LogP contribution in [-0.2, 0) is 6.54 Å². The van der Waals surface area contributed by atoms with Crippen LogP contribution in [0.2, 0.25) is 0 Å². The van der Waals surface area contributed by atoms with Crippen LogP contribution >= 0.6 is 27.3 Å². The van der Waals surface area contributed by atoms with Crippen molar-refractivity contribution in [2.24, 2.45) is 0 Å². The first-order valence-corrected chi connectivity index (χ1v) is 6.32. The number of hydrogen-bond donors (Lipinski definition) is 0. The largest absolute Gasteiger partial charge is 0.291 e. The van der Waals surface area contributed by atoms with E-state index in [4.69, 9.17) is 0 Å². The lowest BCUT2D eigenvalue weighted by atomic mass is 10.4. The fourth-order valence-electron chi connectivity index (χ4n) is 1.37. The van der Waals surface area contributed by atoms with Gasteiger partial charge in [-0.25, -0.2) is 9.97 Å². The molecule has 0 fully saturated rings. The molecule has 2 heterocycles. The first-order valence-electron chi connectivity index (χ1n) is 4.71. The van der Waals surface area contributed by atoms with Crippen LogP contribution in [0.1, 0.15) is 15.7 Å². The minimum absolute atomic E-state index is 0.0569. The van der Waals surface area contributed by atoms with Gasteiger partial charge >= 0.3 is 0 Å². The number of aryl methyl sites for hydroxylation is 2. The number of rotatable bonds is 2. The van der Waals surface area contributed by atoms with Crippen LogP contribution in [0.3, 0.4) is 0 Å². The Morgan fingerprint density at radius 2 is 2.12 bits per heavy atom. The quantitative estimate of drug-likeness (QED) is 0.853. The summed E-state index contributed by atoms with van der Waals surface area (Å²) in [6.45, 7) is 4.30. The van der Waals surface area contributed by atoms with Gasteiger partial charge in [-0.2, -0.15) is 0 Å². The van der Waals surface area contributed by atoms with Gasteiger partial charge in [-0.3, -0.25) is 9.36 Å². The van der Waals surface area contributed by atoms with Gasteiger partial charge in [-0.05, 0) is 29.8 Å². The van der Waals surface area contributed by atoms with Crippen molar-refractivity contribution in [1.29, 1.82) is 0 Å². The van der Waals surface area contributed by atoms with E-state index in [1.807, 2.05) is 13.8 Å². The second kappa shape index (κ2) is 4.47. The molecule has 84 valence electrons. The molecule has 4 nitrogen and oxygen atoms in total. The average Bonchev–Trinajstić information content (AvgIpc) is 2.65. The van der Waals surface area contributed by atoms with E-state index in [-0.39, 0.29) is 5.56 Å². The highest BCUT2D eigenvalue weighted by atomic mass is 79.9. The van der Waals surface area contributed by atoms with Crippen molar-refractivity contribution in [2.45, 2.75) is 20.4 Å². The Labute approximate surface area is 105 Å². The third kappa shape index (κ3) is 2.22. The Morgan fingerprint density at radius 3 is 2.75 bits per heavy atom. The summed E-state index contributed by atoms with van der Waals surface area (Å²) in [5, 5.41) is 1.00. The van der Waals surface area contributed by atoms with Crippen LogP contribution in [0.4, 0.5) is 0 Å². The first-order chi connectivity index (χ1) is 7.58. The summed E-state index contributed by atoms with van der Waals surface area (Å²) in [6.07, 6.45) is 3.33. The van der Waals surface area contributed by atoms with Crippen molar-refractivity contribution in [3.05, 3.63) is 42.9 Å². The molecule has 0 atom stereocenters. The molecule has 0 saturated heterocycles. The minimum Gasteiger partial charge on any atom is -0.291 e. The zero-order valence-electron chi connectivity index (χ0n) is 8.90. The summed E-state index contributed by atoms with van der Waals surface area (Å²) in [5.74, 6) is 0.708. The van der Waals surface area contributed by atoms with Crippen LogP contribution in [0, 0.1) is 13.8 Å². The first kappa shape index (κ1) is 11.5. The second-order valence-corrected chi connectivity index (χ2v) is 5.56. The second-order valence-electron chi connectivity index (χ2n) is 3.39. The van der Waals surface area contributed by atoms with Crippen molar-refractivity contribution < 1.29 is 0 Å². The van der Waals surface area contributed by atoms with Crippen molar-refractivity contribution in [3.8, 4) is 0 Å². The van der Waals surface area contributed by atoms with E-state index in [1.165, 1.54) is 6.20 Å². The molecule has 0 aliphatic rings. The zero-order chi connectivity index (χ0) is 11.7. The maximum Gasteiger partial charge on any atom is 0.268 e. The summed E-state index contributed by atoms with van der Waals surface area (Å²) < 4.78 is 2.12. The molecule has 2 rings (SSSR count). The molecule has 0 saturated carbocycles. The van der Waals surface area contributed by atoms with Crippen molar-refractivity contribution >= 4 is 27.3 Å². The van der Waals surface area contributed by atoms with E-state index in [0.29, 0.717) is 16.8 Å². The summed E-state index contributed by atoms with van der Waals surface area (Å²) in [6, 6.07) is 0. The van der Waals surface area contributed by atoms with Gasteiger partial charge in [0.15, 0.2) is 0 Å². The topological polar surface area (TPSA) is 47.8 Å². The molecule has 0 spiro atoms. The van der Waals surface area contributed by atoms with Crippen LogP contribution in [0.15, 0.2) is 21.7 Å². The highest BCUT2D eigenvalue weighted by Crippen LogP contribution is 2.13. The van der Waals surface area contributed by atoms with E-state index in [2.05, 4.69) is 25.9 Å². The van der Waals surface area contributed by atoms with E-state index in [1.54, 1.807) is 22.1 Å². The Bertz CT molecular complexity index is 576. The molecular weight excluding hydrogens is 290 g/mol. The normalized spacial score (nSPS) is 10.7. The summed E-state index contributed by atoms with van der Waals surface area (Å²) in [5.41, 5.74) is -0.0569. The number of thiazole rings is 1. The van der Waals surface area contributed by atoms with Gasteiger partial charge in [0.1, 0.15) is 10.3 Å². The van der Waals surface area contributed by atoms with Gasteiger partial charge in [0.25, 0.3) is 5.56 Å². The molecule has 0 amide bonds. The molecular formula is C10H10BrN3OS. The lowest BCUT2D eigenvalue weighted by Gasteiger charge is -2.07. The summed E-state index contributed by atoms with van der Waals surface area (Å²) in [4.78, 5) is 21.2. The van der Waals surface area contributed by atoms with Gasteiger partial charge in [-0.15, -0.1) is 11.3 Å². The van der Waals surface area contributed by atoms with Crippen molar-refractivity contribution in [3.63, 3.8) is 0 Å². The Hall–Kier alpha value is -1.01. The molecule has 0 unspecified atom stereocenters. The Morgan fingerprint density at radius 1 is 1.38 bits per heavy atom. The fraction of sp³-hybridized carbons (Fsp3) is 0.300. The van der Waals surface area contributed by atoms with Gasteiger partial charge in [0, 0.05) is 17.3 Å². The fourth-order valence-corrected chi connectivity index (χ4v) is 2.47. The molecule has 0 radical (unpaired) electrons. The molecule has 2 aromatic heterocycles. The van der Waals surface area contributed by atoms with E-state index >= 15 is 0 Å². The number of aromatic nitrogens is 3. The molecule has 0 aliphatic heterocycles. The Kier molecular flexibility index (Phi) is 3.20. The maximum absolute atomic E-state index is 11.9. The van der Waals surface area contributed by atoms with E-state index in [0.717, 1.165) is 9.88 Å². The molecule has 16 heavy (non-hydrogen) atoms. The van der Waals surface area contributed by atoms with E-state index in [9.17, 15) is 4.79 Å². The minimum atomic E-state index is -0.0569. The standard InChI is InChI=1S/C10H10BrN3OS/c1-6-12-4-9(11)10(15)14(6)5-8-3-13-7(2)16-8/h3-4H,5H2,1-2H3. The third-order valence-corrected chi connectivity index (χ3v) is 3.63. The monoisotopic (exact) mass is 299 g/mol. The SMILES string of the molecule is Cc1ncc(Cn2c(C)ncc(Br)c2=O)s1. The highest BCUT2D eigenvalue weighted by molar-refractivity contribution is 9.10. The number of halogens is 1.